The minimum atomic E-state index is -1.88. The zero-order chi connectivity index (χ0) is 32.8. The molecule has 0 amide bonds. The van der Waals surface area contributed by atoms with E-state index in [1.54, 1.807) is 0 Å². The van der Waals surface area contributed by atoms with Gasteiger partial charge in [-0.25, -0.2) is 4.98 Å². The number of aromatic nitrogens is 2. The molecule has 0 fully saturated rings. The van der Waals surface area contributed by atoms with Crippen LogP contribution in [0.15, 0.2) is 110 Å². The predicted molar refractivity (Wildman–Crippen MR) is 202 cm³/mol. The summed E-state index contributed by atoms with van der Waals surface area (Å²) in [6, 6.07) is 33.4. The van der Waals surface area contributed by atoms with Gasteiger partial charge >= 0.3 is 5.97 Å². The first kappa shape index (κ1) is 39.7. The Hall–Kier alpha value is -2.75. The summed E-state index contributed by atoms with van der Waals surface area (Å²) in [6.07, 6.45) is 26.0. The monoisotopic (exact) mass is 732 g/mol. The largest absolute Gasteiger partial charge is 1.00 e. The summed E-state index contributed by atoms with van der Waals surface area (Å²) in [4.78, 5) is 16.9. The van der Waals surface area contributed by atoms with E-state index in [-0.39, 0.29) is 23.0 Å². The maximum Gasteiger partial charge on any atom is 0.305 e. The van der Waals surface area contributed by atoms with Crippen LogP contribution in [0.1, 0.15) is 116 Å². The van der Waals surface area contributed by atoms with Gasteiger partial charge in [0.25, 0.3) is 0 Å². The van der Waals surface area contributed by atoms with E-state index < -0.39 is 7.26 Å². The minimum absolute atomic E-state index is 0. The molecule has 1 atom stereocenters. The van der Waals surface area contributed by atoms with Crippen LogP contribution in [0, 0.1) is 0 Å². The van der Waals surface area contributed by atoms with Gasteiger partial charge in [0.15, 0.2) is 0 Å². The summed E-state index contributed by atoms with van der Waals surface area (Å²) in [5.41, 5.74) is 0. The lowest BCUT2D eigenvalue weighted by molar-refractivity contribution is -0.143. The molecule has 0 saturated heterocycles. The normalized spacial score (nSPS) is 11.9. The van der Waals surface area contributed by atoms with Crippen LogP contribution in [0.2, 0.25) is 0 Å². The zero-order valence-corrected chi connectivity index (χ0v) is 31.7. The van der Waals surface area contributed by atoms with E-state index in [2.05, 4.69) is 114 Å². The number of nitrogens with zero attached hydrogens (tertiary/aromatic N) is 2. The molecule has 1 unspecified atom stereocenters. The number of hydrogen-bond donors (Lipinski definition) is 0. The second kappa shape index (κ2) is 23.6. The van der Waals surface area contributed by atoms with Crippen LogP contribution in [-0.2, 0) is 9.53 Å². The van der Waals surface area contributed by atoms with Crippen molar-refractivity contribution in [1.82, 2.24) is 9.55 Å². The molecule has 1 aromatic heterocycles. The van der Waals surface area contributed by atoms with Gasteiger partial charge < -0.3 is 26.3 Å². The molecular weight excluding hydrogens is 675 g/mol. The summed E-state index contributed by atoms with van der Waals surface area (Å²) < 4.78 is 8.11. The van der Waals surface area contributed by atoms with E-state index in [0.29, 0.717) is 19.1 Å². The summed E-state index contributed by atoms with van der Waals surface area (Å²) in [5, 5.41) is 4.12. The fourth-order valence-corrected chi connectivity index (χ4v) is 11.2. The average Bonchev–Trinajstić information content (AvgIpc) is 3.66. The second-order valence-electron chi connectivity index (χ2n) is 13.0. The van der Waals surface area contributed by atoms with Crippen LogP contribution in [0.5, 0.6) is 0 Å². The van der Waals surface area contributed by atoms with Gasteiger partial charge in [-0.05, 0) is 55.7 Å². The lowest BCUT2D eigenvalue weighted by Gasteiger charge is -2.27. The van der Waals surface area contributed by atoms with Gasteiger partial charge in [0.05, 0.1) is 19.1 Å². The van der Waals surface area contributed by atoms with Crippen molar-refractivity contribution >= 4 is 29.1 Å². The molecule has 260 valence electrons. The molecule has 4 nitrogen and oxygen atoms in total. The third kappa shape index (κ3) is 12.9. The van der Waals surface area contributed by atoms with Crippen molar-refractivity contribution < 1.29 is 26.5 Å². The van der Waals surface area contributed by atoms with E-state index in [1.165, 1.54) is 93.0 Å². The van der Waals surface area contributed by atoms with E-state index >= 15 is 0 Å². The molecule has 0 bridgehead atoms. The van der Waals surface area contributed by atoms with Crippen LogP contribution in [0.3, 0.4) is 0 Å². The van der Waals surface area contributed by atoms with Crippen LogP contribution in [0.25, 0.3) is 0 Å². The van der Waals surface area contributed by atoms with Gasteiger partial charge in [0, 0.05) is 31.3 Å². The Labute approximate surface area is 302 Å². The van der Waals surface area contributed by atoms with Gasteiger partial charge in [0.1, 0.15) is 23.2 Å². The predicted octanol–water partition coefficient (Wildman–Crippen LogP) is 7.23. The Bertz CT molecular complexity index is 1260. The van der Waals surface area contributed by atoms with Gasteiger partial charge in [0.2, 0.25) is 0 Å². The van der Waals surface area contributed by atoms with E-state index in [0.717, 1.165) is 25.4 Å². The molecule has 6 heteroatoms. The molecular formula is C42H58BrN2O2P. The minimum Gasteiger partial charge on any atom is -1.00 e. The Balaban J connectivity index is 0.00000625. The number of rotatable bonds is 24. The second-order valence-corrected chi connectivity index (χ2v) is 16.6. The van der Waals surface area contributed by atoms with Crippen LogP contribution < -0.4 is 32.9 Å². The van der Waals surface area contributed by atoms with Crippen molar-refractivity contribution in [3.8, 4) is 0 Å². The standard InChI is InChI=1S/C42H58N2O2P.BrH/c1-2-3-4-5-8-14-24-38(44-34-33-43-37-44)25-15-9-6-7-10-22-32-42(45)46-35-23-36-47(39-26-16-11-17-27-39,40-28-18-12-19-29-40)41-30-20-13-21-31-41;/h11-13,16-21,26-31,33-34,37-38H,2-10,14-15,22-25,32,35-36H2,1H3;1H/q+1;/p-1. The topological polar surface area (TPSA) is 44.1 Å². The molecule has 0 aliphatic carbocycles. The van der Waals surface area contributed by atoms with Gasteiger partial charge in [-0.15, -0.1) is 0 Å². The van der Waals surface area contributed by atoms with Gasteiger partial charge in [-0.3, -0.25) is 4.79 Å². The average molecular weight is 734 g/mol. The number of carbonyl (C=O) groups excluding carboxylic acids is 1. The third-order valence-corrected chi connectivity index (χ3v) is 14.0. The van der Waals surface area contributed by atoms with E-state index in [9.17, 15) is 4.79 Å². The van der Waals surface area contributed by atoms with Crippen molar-refractivity contribution in [2.75, 3.05) is 12.8 Å². The molecule has 0 N–H and O–H groups in total. The number of ether oxygens (including phenoxy) is 1. The number of carbonyl (C=O) groups is 1. The highest BCUT2D eigenvalue weighted by molar-refractivity contribution is 7.95. The lowest BCUT2D eigenvalue weighted by atomic mass is 10.00. The van der Waals surface area contributed by atoms with E-state index in [1.807, 2.05) is 12.5 Å². The number of unbranched alkanes of at least 4 members (excludes halogenated alkanes) is 10. The smallest absolute Gasteiger partial charge is 0.305 e. The van der Waals surface area contributed by atoms with Crippen molar-refractivity contribution in [3.63, 3.8) is 0 Å². The zero-order valence-electron chi connectivity index (χ0n) is 29.2. The molecule has 4 rings (SSSR count). The van der Waals surface area contributed by atoms with Crippen molar-refractivity contribution in [1.29, 1.82) is 0 Å². The molecule has 0 radical (unpaired) electrons. The highest BCUT2D eigenvalue weighted by Gasteiger charge is 2.44. The Morgan fingerprint density at radius 3 is 1.62 bits per heavy atom. The SMILES string of the molecule is CCCCCCCCC(CCCCCCCCC(=O)OCCC[P+](c1ccccc1)(c1ccccc1)c1ccccc1)n1ccnc1.[Br-]. The first-order chi connectivity index (χ1) is 23.2. The van der Waals surface area contributed by atoms with Crippen molar-refractivity contribution in [2.45, 2.75) is 116 Å². The number of esters is 1. The number of imidazole rings is 1. The summed E-state index contributed by atoms with van der Waals surface area (Å²) in [6.45, 7) is 2.76. The molecule has 0 aliphatic rings. The fraction of sp³-hybridized carbons (Fsp3) is 0.476. The van der Waals surface area contributed by atoms with Crippen LogP contribution in [-0.4, -0.2) is 28.3 Å². The fourth-order valence-electron chi connectivity index (χ4n) is 6.89. The molecule has 0 aliphatic heterocycles. The molecule has 0 saturated carbocycles. The Morgan fingerprint density at radius 2 is 1.15 bits per heavy atom. The number of halogens is 1. The number of benzene rings is 3. The first-order valence-corrected chi connectivity index (χ1v) is 20.4. The maximum atomic E-state index is 12.6. The third-order valence-electron chi connectivity index (χ3n) is 9.50. The Kier molecular flexibility index (Phi) is 19.5. The van der Waals surface area contributed by atoms with Crippen molar-refractivity contribution in [3.05, 3.63) is 110 Å². The number of hydrogen-bond acceptors (Lipinski definition) is 3. The maximum absolute atomic E-state index is 12.6. The quantitative estimate of drug-likeness (QED) is 0.0434. The molecule has 4 aromatic rings. The summed E-state index contributed by atoms with van der Waals surface area (Å²) in [7, 11) is -1.88. The molecule has 0 spiro atoms. The first-order valence-electron chi connectivity index (χ1n) is 18.4. The molecule has 1 heterocycles. The van der Waals surface area contributed by atoms with Gasteiger partial charge in [-0.2, -0.15) is 0 Å². The van der Waals surface area contributed by atoms with Crippen LogP contribution >= 0.6 is 7.26 Å². The summed E-state index contributed by atoms with van der Waals surface area (Å²) in [5.74, 6) is -0.0501. The highest BCUT2D eigenvalue weighted by atomic mass is 79.9. The van der Waals surface area contributed by atoms with Crippen LogP contribution in [0.4, 0.5) is 0 Å². The van der Waals surface area contributed by atoms with Crippen molar-refractivity contribution in [2.24, 2.45) is 0 Å². The Morgan fingerprint density at radius 1 is 0.667 bits per heavy atom. The molecule has 48 heavy (non-hydrogen) atoms. The highest BCUT2D eigenvalue weighted by Crippen LogP contribution is 2.55. The lowest BCUT2D eigenvalue weighted by Crippen LogP contribution is -3.00. The van der Waals surface area contributed by atoms with Gasteiger partial charge in [-0.1, -0.05) is 132 Å². The molecule has 3 aromatic carbocycles. The summed E-state index contributed by atoms with van der Waals surface area (Å²) >= 11 is 0. The van der Waals surface area contributed by atoms with E-state index in [4.69, 9.17) is 4.74 Å².